The molecule has 0 radical (unpaired) electrons. The maximum Gasteiger partial charge on any atom is 0.404 e. The van der Waals surface area contributed by atoms with Crippen LogP contribution in [0.1, 0.15) is 44.1 Å². The molecule has 0 spiro atoms. The number of methoxy groups -OCH3 is 1. The molecule has 10 heteroatoms. The molecule has 0 unspecified atom stereocenters. The summed E-state index contributed by atoms with van der Waals surface area (Å²) >= 11 is 0. The molecule has 1 fully saturated rings. The number of aliphatic hydroxyl groups excluding tert-OH is 1. The van der Waals surface area contributed by atoms with Gasteiger partial charge in [0.05, 0.1) is 30.2 Å². The first-order chi connectivity index (χ1) is 17.7. The summed E-state index contributed by atoms with van der Waals surface area (Å²) in [6.07, 6.45) is 1.95. The molecule has 0 aromatic heterocycles. The van der Waals surface area contributed by atoms with Gasteiger partial charge in [0.15, 0.2) is 0 Å². The van der Waals surface area contributed by atoms with Gasteiger partial charge in [-0.05, 0) is 60.9 Å². The zero-order chi connectivity index (χ0) is 26.9. The van der Waals surface area contributed by atoms with Crippen LogP contribution in [0.25, 0.3) is 0 Å². The monoisotopic (exact) mass is 529 g/mol. The van der Waals surface area contributed by atoms with Gasteiger partial charge in [-0.25, -0.2) is 13.2 Å². The number of rotatable bonds is 13. The molecule has 1 amide bonds. The number of hydrogen-bond donors (Lipinski definition) is 3. The number of ether oxygens (including phenoxy) is 1. The Balaban J connectivity index is 1.93. The SMILES string of the molecule is COc1ccc(S(=O)(=O)N(C[C@@H](O)[C@H](Cc2ccccc2)NC(=O)O)CC2(CCC#N)CCCC2)cc1. The number of hydrogen-bond acceptors (Lipinski definition) is 6. The maximum absolute atomic E-state index is 13.8. The van der Waals surface area contributed by atoms with E-state index in [1.165, 1.54) is 23.5 Å². The molecule has 1 aliphatic rings. The highest BCUT2D eigenvalue weighted by atomic mass is 32.2. The van der Waals surface area contributed by atoms with E-state index in [9.17, 15) is 28.7 Å². The first kappa shape index (κ1) is 28.4. The van der Waals surface area contributed by atoms with Crippen molar-refractivity contribution in [2.75, 3.05) is 20.2 Å². The van der Waals surface area contributed by atoms with Gasteiger partial charge in [-0.1, -0.05) is 43.2 Å². The molecular formula is C27H35N3O6S. The fourth-order valence-corrected chi connectivity index (χ4v) is 6.67. The lowest BCUT2D eigenvalue weighted by atomic mass is 9.81. The van der Waals surface area contributed by atoms with Crippen LogP contribution in [0.2, 0.25) is 0 Å². The molecule has 0 saturated heterocycles. The topological polar surface area (TPSA) is 140 Å². The maximum atomic E-state index is 13.8. The van der Waals surface area contributed by atoms with Crippen molar-refractivity contribution in [3.8, 4) is 11.8 Å². The van der Waals surface area contributed by atoms with Crippen LogP contribution in [-0.4, -0.2) is 61.4 Å². The van der Waals surface area contributed by atoms with Crippen molar-refractivity contribution in [1.29, 1.82) is 5.26 Å². The van der Waals surface area contributed by atoms with Gasteiger partial charge in [-0.15, -0.1) is 0 Å². The quantitative estimate of drug-likeness (QED) is 0.359. The third-order valence-electron chi connectivity index (χ3n) is 7.10. The molecule has 1 saturated carbocycles. The van der Waals surface area contributed by atoms with E-state index < -0.39 is 28.3 Å². The predicted molar refractivity (Wildman–Crippen MR) is 139 cm³/mol. The average Bonchev–Trinajstić information content (AvgIpc) is 3.35. The van der Waals surface area contributed by atoms with Crippen LogP contribution in [-0.2, 0) is 16.4 Å². The molecule has 2 aromatic carbocycles. The summed E-state index contributed by atoms with van der Waals surface area (Å²) < 4.78 is 34.1. The highest BCUT2D eigenvalue weighted by Gasteiger charge is 2.40. The van der Waals surface area contributed by atoms with Crippen LogP contribution >= 0.6 is 0 Å². The van der Waals surface area contributed by atoms with E-state index in [2.05, 4.69) is 11.4 Å². The Morgan fingerprint density at radius 1 is 1.16 bits per heavy atom. The first-order valence-corrected chi connectivity index (χ1v) is 13.9. The van der Waals surface area contributed by atoms with Crippen molar-refractivity contribution < 1.29 is 28.2 Å². The highest BCUT2D eigenvalue weighted by molar-refractivity contribution is 7.89. The van der Waals surface area contributed by atoms with Gasteiger partial charge in [0.2, 0.25) is 10.0 Å². The van der Waals surface area contributed by atoms with E-state index in [0.717, 1.165) is 31.2 Å². The Morgan fingerprint density at radius 2 is 1.81 bits per heavy atom. The Morgan fingerprint density at radius 3 is 2.38 bits per heavy atom. The smallest absolute Gasteiger partial charge is 0.404 e. The standard InChI is InChI=1S/C27H35N3O6S/c1-36-22-10-12-23(13-11-22)37(34,35)30(20-27(16-7-17-28)14-5-6-15-27)19-25(31)24(29-26(32)33)18-21-8-3-2-4-9-21/h2-4,8-13,24-25,29,31H,5-7,14-16,18-20H2,1H3,(H,32,33)/t24-,25+/m0/s1. The minimum Gasteiger partial charge on any atom is -0.497 e. The number of nitriles is 1. The van der Waals surface area contributed by atoms with Gasteiger partial charge in [0.1, 0.15) is 5.75 Å². The van der Waals surface area contributed by atoms with Crippen LogP contribution in [0, 0.1) is 16.7 Å². The third-order valence-corrected chi connectivity index (χ3v) is 8.93. The van der Waals surface area contributed by atoms with Gasteiger partial charge >= 0.3 is 6.09 Å². The van der Waals surface area contributed by atoms with Crippen LogP contribution < -0.4 is 10.1 Å². The average molecular weight is 530 g/mol. The van der Waals surface area contributed by atoms with E-state index >= 15 is 0 Å². The number of aliphatic hydroxyl groups is 1. The summed E-state index contributed by atoms with van der Waals surface area (Å²) in [5.74, 6) is 0.514. The first-order valence-electron chi connectivity index (χ1n) is 12.4. The molecule has 3 rings (SSSR count). The van der Waals surface area contributed by atoms with Gasteiger partial charge in [0.25, 0.3) is 0 Å². The zero-order valence-corrected chi connectivity index (χ0v) is 21.9. The van der Waals surface area contributed by atoms with Crippen LogP contribution in [0.5, 0.6) is 5.75 Å². The van der Waals surface area contributed by atoms with Crippen molar-refractivity contribution >= 4 is 16.1 Å². The second-order valence-corrected chi connectivity index (χ2v) is 11.6. The van der Waals surface area contributed by atoms with Crippen molar-refractivity contribution in [3.63, 3.8) is 0 Å². The number of nitrogens with zero attached hydrogens (tertiary/aromatic N) is 2. The second kappa shape index (κ2) is 12.9. The predicted octanol–water partition coefficient (Wildman–Crippen LogP) is 3.79. The summed E-state index contributed by atoms with van der Waals surface area (Å²) in [6.45, 7) is -0.147. The van der Waals surface area contributed by atoms with E-state index in [-0.39, 0.29) is 29.8 Å². The number of carbonyl (C=O) groups is 1. The van der Waals surface area contributed by atoms with Crippen molar-refractivity contribution in [2.45, 2.75) is 62.0 Å². The molecule has 200 valence electrons. The fourth-order valence-electron chi connectivity index (χ4n) is 5.10. The normalized spacial score (nSPS) is 16.6. The minimum atomic E-state index is -4.05. The van der Waals surface area contributed by atoms with E-state index in [1.54, 1.807) is 12.1 Å². The Kier molecular flexibility index (Phi) is 9.92. The molecule has 0 heterocycles. The molecule has 37 heavy (non-hydrogen) atoms. The second-order valence-electron chi connectivity index (χ2n) is 9.65. The number of sulfonamides is 1. The summed E-state index contributed by atoms with van der Waals surface area (Å²) in [5.41, 5.74) is 0.440. The number of nitrogens with one attached hydrogen (secondary N) is 1. The summed E-state index contributed by atoms with van der Waals surface area (Å²) in [4.78, 5) is 11.6. The number of benzene rings is 2. The molecule has 0 aliphatic heterocycles. The lowest BCUT2D eigenvalue weighted by Gasteiger charge is -2.36. The van der Waals surface area contributed by atoms with Crippen molar-refractivity contribution in [1.82, 2.24) is 9.62 Å². The van der Waals surface area contributed by atoms with Gasteiger partial charge in [-0.3, -0.25) is 0 Å². The summed E-state index contributed by atoms with van der Waals surface area (Å²) in [7, 11) is -2.55. The molecule has 9 nitrogen and oxygen atoms in total. The molecule has 0 bridgehead atoms. The van der Waals surface area contributed by atoms with E-state index in [1.807, 2.05) is 30.3 Å². The van der Waals surface area contributed by atoms with Crippen molar-refractivity contribution in [2.24, 2.45) is 5.41 Å². The lowest BCUT2D eigenvalue weighted by Crippen LogP contribution is -2.52. The largest absolute Gasteiger partial charge is 0.497 e. The van der Waals surface area contributed by atoms with Crippen molar-refractivity contribution in [3.05, 3.63) is 60.2 Å². The Labute approximate surface area is 218 Å². The van der Waals surface area contributed by atoms with Gasteiger partial charge in [-0.2, -0.15) is 9.57 Å². The summed E-state index contributed by atoms with van der Waals surface area (Å²) in [6, 6.07) is 16.4. The molecule has 3 N–H and O–H groups in total. The summed E-state index contributed by atoms with van der Waals surface area (Å²) in [5, 5.41) is 32.2. The van der Waals surface area contributed by atoms with Crippen LogP contribution in [0.3, 0.4) is 0 Å². The number of amides is 1. The fraction of sp³-hybridized carbons (Fsp3) is 0.481. The third kappa shape index (κ3) is 7.68. The zero-order valence-electron chi connectivity index (χ0n) is 21.0. The van der Waals surface area contributed by atoms with E-state index in [0.29, 0.717) is 18.6 Å². The van der Waals surface area contributed by atoms with Gasteiger partial charge in [0, 0.05) is 19.5 Å². The lowest BCUT2D eigenvalue weighted by molar-refractivity contribution is 0.0868. The van der Waals surface area contributed by atoms with Crippen LogP contribution in [0.15, 0.2) is 59.5 Å². The number of carboxylic acid groups (broad SMARTS) is 1. The van der Waals surface area contributed by atoms with E-state index in [4.69, 9.17) is 4.74 Å². The van der Waals surface area contributed by atoms with Crippen LogP contribution in [0.4, 0.5) is 4.79 Å². The molecule has 2 aromatic rings. The Hall–Kier alpha value is -3.13. The Bertz CT molecular complexity index is 1160. The minimum absolute atomic E-state index is 0.0553. The molecule has 1 aliphatic carbocycles. The molecule has 2 atom stereocenters. The highest BCUT2D eigenvalue weighted by Crippen LogP contribution is 2.43. The van der Waals surface area contributed by atoms with Gasteiger partial charge < -0.3 is 20.3 Å². The molecular weight excluding hydrogens is 494 g/mol.